The van der Waals surface area contributed by atoms with Crippen LogP contribution >= 0.6 is 0 Å². The van der Waals surface area contributed by atoms with Gasteiger partial charge in [0.05, 0.1) is 12.8 Å². The normalized spacial score (nSPS) is 23.0. The van der Waals surface area contributed by atoms with Crippen molar-refractivity contribution in [2.75, 3.05) is 18.6 Å². The number of hydrogen-bond acceptors (Lipinski definition) is 5. The van der Waals surface area contributed by atoms with Crippen LogP contribution in [0.25, 0.3) is 0 Å². The second kappa shape index (κ2) is 7.77. The number of carbonyl (C=O) groups is 4. The summed E-state index contributed by atoms with van der Waals surface area (Å²) < 4.78 is 5.04. The number of imide groups is 2. The molecule has 8 nitrogen and oxygen atoms in total. The molecule has 1 saturated carbocycles. The molecule has 0 aromatic heterocycles. The predicted octanol–water partition coefficient (Wildman–Crippen LogP) is 1.69. The number of nitrogens with one attached hydrogen (secondary N) is 1. The van der Waals surface area contributed by atoms with E-state index >= 15 is 0 Å². The maximum Gasteiger partial charge on any atom is 0.339 e. The van der Waals surface area contributed by atoms with Crippen LogP contribution in [0.2, 0.25) is 0 Å². The van der Waals surface area contributed by atoms with E-state index in [0.717, 1.165) is 30.6 Å². The Kier molecular flexibility index (Phi) is 5.43. The summed E-state index contributed by atoms with van der Waals surface area (Å²) in [5.41, 5.74) is 0.253. The number of methoxy groups -OCH3 is 1. The van der Waals surface area contributed by atoms with E-state index in [9.17, 15) is 19.2 Å². The maximum absolute atomic E-state index is 12.6. The lowest BCUT2D eigenvalue weighted by Gasteiger charge is -2.29. The molecule has 144 valence electrons. The molecule has 1 aromatic rings. The number of benzene rings is 1. The van der Waals surface area contributed by atoms with E-state index in [1.807, 2.05) is 0 Å². The molecule has 0 unspecified atom stereocenters. The van der Waals surface area contributed by atoms with E-state index in [1.54, 1.807) is 12.1 Å². The first-order chi connectivity index (χ1) is 12.9. The van der Waals surface area contributed by atoms with Crippen molar-refractivity contribution in [1.29, 1.82) is 0 Å². The Balaban J connectivity index is 1.69. The fourth-order valence-corrected chi connectivity index (χ4v) is 3.53. The van der Waals surface area contributed by atoms with Crippen LogP contribution in [0.5, 0.6) is 5.75 Å². The molecular weight excluding hydrogens is 350 g/mol. The van der Waals surface area contributed by atoms with Gasteiger partial charge >= 0.3 is 17.8 Å². The molecule has 1 aromatic carbocycles. The van der Waals surface area contributed by atoms with Gasteiger partial charge in [0.1, 0.15) is 12.3 Å². The zero-order chi connectivity index (χ0) is 19.6. The number of ether oxygens (including phenoxy) is 1. The first kappa shape index (κ1) is 18.9. The van der Waals surface area contributed by atoms with Crippen molar-refractivity contribution in [3.8, 4) is 5.75 Å². The molecule has 1 N–H and O–H groups in total. The fraction of sp³-hybridized carbons (Fsp3) is 0.474. The van der Waals surface area contributed by atoms with Gasteiger partial charge in [-0.2, -0.15) is 0 Å². The Bertz CT molecular complexity index is 761. The van der Waals surface area contributed by atoms with Gasteiger partial charge in [-0.25, -0.2) is 14.6 Å². The lowest BCUT2D eigenvalue weighted by atomic mass is 9.86. The van der Waals surface area contributed by atoms with Gasteiger partial charge in [0.15, 0.2) is 0 Å². The van der Waals surface area contributed by atoms with Gasteiger partial charge in [0.2, 0.25) is 5.91 Å². The Hall–Kier alpha value is -2.90. The number of urea groups is 1. The van der Waals surface area contributed by atoms with Gasteiger partial charge in [-0.05, 0) is 43.0 Å². The summed E-state index contributed by atoms with van der Waals surface area (Å²) in [4.78, 5) is 50.9. The molecule has 2 fully saturated rings. The summed E-state index contributed by atoms with van der Waals surface area (Å²) in [5, 5.41) is 2.89. The van der Waals surface area contributed by atoms with Gasteiger partial charge in [0.25, 0.3) is 0 Å². The summed E-state index contributed by atoms with van der Waals surface area (Å²) in [5.74, 6) is -1.49. The van der Waals surface area contributed by atoms with E-state index < -0.39 is 30.3 Å². The summed E-state index contributed by atoms with van der Waals surface area (Å²) in [6.45, 7) is 1.62. The highest BCUT2D eigenvalue weighted by Crippen LogP contribution is 2.25. The molecule has 2 aliphatic rings. The van der Waals surface area contributed by atoms with Crippen LogP contribution in [0.1, 0.15) is 32.6 Å². The van der Waals surface area contributed by atoms with Gasteiger partial charge < -0.3 is 10.1 Å². The minimum Gasteiger partial charge on any atom is -0.497 e. The molecule has 0 radical (unpaired) electrons. The van der Waals surface area contributed by atoms with Crippen molar-refractivity contribution in [3.63, 3.8) is 0 Å². The van der Waals surface area contributed by atoms with Gasteiger partial charge in [-0.3, -0.25) is 14.4 Å². The number of rotatable bonds is 5. The average Bonchev–Trinajstić information content (AvgIpc) is 2.87. The molecule has 0 spiro atoms. The second-order valence-corrected chi connectivity index (χ2v) is 6.95. The van der Waals surface area contributed by atoms with E-state index in [2.05, 4.69) is 12.2 Å². The fourth-order valence-electron chi connectivity index (χ4n) is 3.53. The Morgan fingerprint density at radius 2 is 1.78 bits per heavy atom. The molecule has 1 saturated heterocycles. The molecule has 5 amide bonds. The highest BCUT2D eigenvalue weighted by atomic mass is 16.5. The second-order valence-electron chi connectivity index (χ2n) is 6.95. The van der Waals surface area contributed by atoms with Crippen molar-refractivity contribution < 1.29 is 23.9 Å². The first-order valence-corrected chi connectivity index (χ1v) is 9.05. The van der Waals surface area contributed by atoms with E-state index in [-0.39, 0.29) is 11.7 Å². The maximum atomic E-state index is 12.6. The summed E-state index contributed by atoms with van der Waals surface area (Å²) in [6.07, 6.45) is 4.10. The third kappa shape index (κ3) is 3.79. The summed E-state index contributed by atoms with van der Waals surface area (Å²) in [7, 11) is 1.50. The standard InChI is InChI=1S/C19H23N3O5/c1-12-5-3-4-6-15(12)20-16(23)11-21-17(24)18(25)22(19(21)26)13-7-9-14(27-2)10-8-13/h7-10,12,15H,3-6,11H2,1-2H3,(H,20,23)/t12-,15-/m0/s1. The Morgan fingerprint density at radius 3 is 2.41 bits per heavy atom. The SMILES string of the molecule is COc1ccc(N2C(=O)C(=O)N(CC(=O)N[C@H]3CCCC[C@@H]3C)C2=O)cc1. The molecule has 2 atom stereocenters. The van der Waals surface area contributed by atoms with Gasteiger partial charge in [0, 0.05) is 6.04 Å². The molecule has 3 rings (SSSR count). The Labute approximate surface area is 157 Å². The topological polar surface area (TPSA) is 96.0 Å². The van der Waals surface area contributed by atoms with Crippen molar-refractivity contribution in [2.24, 2.45) is 5.92 Å². The lowest BCUT2D eigenvalue weighted by molar-refractivity contribution is -0.140. The molecule has 8 heteroatoms. The van der Waals surface area contributed by atoms with Crippen molar-refractivity contribution >= 4 is 29.4 Å². The van der Waals surface area contributed by atoms with Crippen molar-refractivity contribution in [2.45, 2.75) is 38.6 Å². The number of carbonyl (C=O) groups excluding carboxylic acids is 4. The average molecular weight is 373 g/mol. The summed E-state index contributed by atoms with van der Waals surface area (Å²) >= 11 is 0. The smallest absolute Gasteiger partial charge is 0.339 e. The van der Waals surface area contributed by atoms with Crippen LogP contribution in [0.3, 0.4) is 0 Å². The predicted molar refractivity (Wildman–Crippen MR) is 97.2 cm³/mol. The van der Waals surface area contributed by atoms with Crippen LogP contribution in [0, 0.1) is 5.92 Å². The first-order valence-electron chi connectivity index (χ1n) is 9.05. The largest absolute Gasteiger partial charge is 0.497 e. The molecular formula is C19H23N3O5. The minimum absolute atomic E-state index is 0.0347. The van der Waals surface area contributed by atoms with Crippen LogP contribution < -0.4 is 15.0 Å². The third-order valence-electron chi connectivity index (χ3n) is 5.14. The number of hydrogen-bond donors (Lipinski definition) is 1. The number of amides is 5. The third-order valence-corrected chi connectivity index (χ3v) is 5.14. The molecule has 1 heterocycles. The van der Waals surface area contributed by atoms with Crippen LogP contribution in [0.15, 0.2) is 24.3 Å². The zero-order valence-electron chi connectivity index (χ0n) is 15.4. The lowest BCUT2D eigenvalue weighted by Crippen LogP contribution is -2.47. The zero-order valence-corrected chi connectivity index (χ0v) is 15.4. The monoisotopic (exact) mass is 373 g/mol. The van der Waals surface area contributed by atoms with Gasteiger partial charge in [-0.1, -0.05) is 19.8 Å². The van der Waals surface area contributed by atoms with Crippen molar-refractivity contribution in [1.82, 2.24) is 10.2 Å². The van der Waals surface area contributed by atoms with E-state index in [1.165, 1.54) is 19.2 Å². The number of nitrogens with zero attached hydrogens (tertiary/aromatic N) is 2. The van der Waals surface area contributed by atoms with Gasteiger partial charge in [-0.15, -0.1) is 0 Å². The van der Waals surface area contributed by atoms with Crippen molar-refractivity contribution in [3.05, 3.63) is 24.3 Å². The Morgan fingerprint density at radius 1 is 1.11 bits per heavy atom. The highest BCUT2D eigenvalue weighted by Gasteiger charge is 2.46. The minimum atomic E-state index is -0.998. The molecule has 0 bridgehead atoms. The van der Waals surface area contributed by atoms with Crippen LogP contribution in [-0.2, 0) is 14.4 Å². The van der Waals surface area contributed by atoms with Crippen LogP contribution in [0.4, 0.5) is 10.5 Å². The number of anilines is 1. The molecule has 1 aliphatic heterocycles. The van der Waals surface area contributed by atoms with E-state index in [4.69, 9.17) is 4.74 Å². The highest BCUT2D eigenvalue weighted by molar-refractivity contribution is 6.53. The molecule has 27 heavy (non-hydrogen) atoms. The quantitative estimate of drug-likeness (QED) is 0.626. The summed E-state index contributed by atoms with van der Waals surface area (Å²) in [6, 6.07) is 5.40. The van der Waals surface area contributed by atoms with Crippen LogP contribution in [-0.4, -0.2) is 48.3 Å². The molecule has 1 aliphatic carbocycles. The van der Waals surface area contributed by atoms with E-state index in [0.29, 0.717) is 16.6 Å².